The second kappa shape index (κ2) is 8.08. The molecule has 0 atom stereocenters. The van der Waals surface area contributed by atoms with Gasteiger partial charge in [0.1, 0.15) is 5.60 Å². The number of ether oxygens (including phenoxy) is 1. The summed E-state index contributed by atoms with van der Waals surface area (Å²) in [5.74, 6) is 0.00944. The zero-order valence-corrected chi connectivity index (χ0v) is 16.5. The fourth-order valence-electron chi connectivity index (χ4n) is 3.24. The third-order valence-corrected chi connectivity index (χ3v) is 4.56. The Balaban J connectivity index is 2.12. The molecule has 1 aromatic carbocycles. The summed E-state index contributed by atoms with van der Waals surface area (Å²) < 4.78 is 5.47. The average Bonchev–Trinajstić information content (AvgIpc) is 2.54. The minimum absolute atomic E-state index is 0.00944. The van der Waals surface area contributed by atoms with Crippen LogP contribution in [-0.2, 0) is 16.0 Å². The number of nitrogens with zero attached hydrogens (tertiary/aromatic N) is 2. The molecule has 1 N–H and O–H groups in total. The molecule has 144 valence electrons. The van der Waals surface area contributed by atoms with Gasteiger partial charge < -0.3 is 9.64 Å². The van der Waals surface area contributed by atoms with Crippen molar-refractivity contribution in [2.75, 3.05) is 27.2 Å². The smallest absolute Gasteiger partial charge is 0.410 e. The van der Waals surface area contributed by atoms with Crippen molar-refractivity contribution in [1.82, 2.24) is 15.3 Å². The Morgan fingerprint density at radius 2 is 1.73 bits per heavy atom. The minimum atomic E-state index is -0.524. The van der Waals surface area contributed by atoms with E-state index in [4.69, 9.17) is 4.74 Å². The molecule has 0 spiro atoms. The highest BCUT2D eigenvalue weighted by Crippen LogP contribution is 2.36. The van der Waals surface area contributed by atoms with Crippen LogP contribution in [0.1, 0.15) is 39.2 Å². The van der Waals surface area contributed by atoms with Crippen molar-refractivity contribution in [1.29, 1.82) is 0 Å². The number of piperidine rings is 1. The Hall–Kier alpha value is -2.08. The zero-order valence-electron chi connectivity index (χ0n) is 16.5. The van der Waals surface area contributed by atoms with Crippen LogP contribution in [0.2, 0.25) is 0 Å². The van der Waals surface area contributed by atoms with Gasteiger partial charge in [-0.2, -0.15) is 0 Å². The fourth-order valence-corrected chi connectivity index (χ4v) is 3.24. The van der Waals surface area contributed by atoms with Crippen molar-refractivity contribution in [2.24, 2.45) is 5.41 Å². The van der Waals surface area contributed by atoms with E-state index < -0.39 is 11.0 Å². The van der Waals surface area contributed by atoms with E-state index in [1.807, 2.05) is 65.2 Å². The predicted octanol–water partition coefficient (Wildman–Crippen LogP) is 2.84. The molecule has 2 amide bonds. The first-order chi connectivity index (χ1) is 12.1. The summed E-state index contributed by atoms with van der Waals surface area (Å²) in [4.78, 5) is 27.0. The molecule has 1 aliphatic heterocycles. The molecule has 0 radical (unpaired) electrons. The number of nitrogens with one attached hydrogen (secondary N) is 1. The quantitative estimate of drug-likeness (QED) is 0.838. The zero-order chi connectivity index (χ0) is 19.4. The Morgan fingerprint density at radius 3 is 2.23 bits per heavy atom. The molecule has 2 rings (SSSR count). The maximum atomic E-state index is 13.0. The van der Waals surface area contributed by atoms with Crippen molar-refractivity contribution >= 4 is 12.0 Å². The average molecular weight is 361 g/mol. The molecule has 1 saturated heterocycles. The lowest BCUT2D eigenvalue weighted by atomic mass is 9.73. The van der Waals surface area contributed by atoms with Crippen molar-refractivity contribution in [3.8, 4) is 0 Å². The van der Waals surface area contributed by atoms with Crippen LogP contribution >= 0.6 is 0 Å². The lowest BCUT2D eigenvalue weighted by Gasteiger charge is -2.41. The van der Waals surface area contributed by atoms with Crippen LogP contribution in [0.25, 0.3) is 0 Å². The van der Waals surface area contributed by atoms with E-state index >= 15 is 0 Å². The second-order valence-electron chi connectivity index (χ2n) is 8.25. The molecule has 0 aromatic heterocycles. The van der Waals surface area contributed by atoms with E-state index in [1.165, 1.54) is 0 Å². The molecule has 0 unspecified atom stereocenters. The second-order valence-corrected chi connectivity index (χ2v) is 8.25. The van der Waals surface area contributed by atoms with Crippen LogP contribution in [-0.4, -0.2) is 54.7 Å². The van der Waals surface area contributed by atoms with Gasteiger partial charge >= 0.3 is 6.09 Å². The topological polar surface area (TPSA) is 61.9 Å². The number of benzene rings is 1. The Morgan fingerprint density at radius 1 is 1.15 bits per heavy atom. The van der Waals surface area contributed by atoms with Crippen LogP contribution in [0.3, 0.4) is 0 Å². The van der Waals surface area contributed by atoms with Gasteiger partial charge in [-0.15, -0.1) is 0 Å². The van der Waals surface area contributed by atoms with E-state index in [1.54, 1.807) is 9.91 Å². The molecule has 6 heteroatoms. The summed E-state index contributed by atoms with van der Waals surface area (Å²) in [6.45, 7) is 6.61. The Labute approximate surface area is 156 Å². The van der Waals surface area contributed by atoms with Gasteiger partial charge in [-0.25, -0.2) is 9.80 Å². The number of hydrogen-bond acceptors (Lipinski definition) is 4. The number of rotatable bonds is 4. The van der Waals surface area contributed by atoms with Crippen LogP contribution < -0.4 is 5.43 Å². The summed E-state index contributed by atoms with van der Waals surface area (Å²) in [5, 5.41) is 1.68. The number of carbonyl (C=O) groups is 2. The van der Waals surface area contributed by atoms with Crippen molar-refractivity contribution in [3.63, 3.8) is 0 Å². The molecule has 26 heavy (non-hydrogen) atoms. The standard InChI is InChI=1S/C20H31N3O3/c1-19(2,3)26-18(25)23-13-11-20(12-14-23,17(24)21-22(4)5)15-16-9-7-6-8-10-16/h6-10H,11-15H2,1-5H3,(H,21,24). The van der Waals surface area contributed by atoms with Gasteiger partial charge in [0.15, 0.2) is 0 Å². The van der Waals surface area contributed by atoms with Gasteiger partial charge in [-0.3, -0.25) is 10.2 Å². The van der Waals surface area contributed by atoms with E-state index in [-0.39, 0.29) is 12.0 Å². The van der Waals surface area contributed by atoms with Crippen LogP contribution in [0.15, 0.2) is 30.3 Å². The van der Waals surface area contributed by atoms with Gasteiger partial charge in [0, 0.05) is 27.2 Å². The summed E-state index contributed by atoms with van der Waals surface area (Å²) in [7, 11) is 3.62. The molecule has 6 nitrogen and oxygen atoms in total. The molecule has 1 aromatic rings. The highest BCUT2D eigenvalue weighted by molar-refractivity contribution is 5.83. The summed E-state index contributed by atoms with van der Waals surface area (Å²) in [6.07, 6.45) is 1.58. The number of hydrogen-bond donors (Lipinski definition) is 1. The van der Waals surface area contributed by atoms with Crippen LogP contribution in [0.5, 0.6) is 0 Å². The summed E-state index contributed by atoms with van der Waals surface area (Å²) in [5.41, 5.74) is 3.01. The number of hydrazine groups is 1. The maximum absolute atomic E-state index is 13.0. The van der Waals surface area contributed by atoms with Gasteiger partial charge in [0.2, 0.25) is 5.91 Å². The van der Waals surface area contributed by atoms with Crippen molar-refractivity contribution < 1.29 is 14.3 Å². The molecule has 1 heterocycles. The van der Waals surface area contributed by atoms with E-state index in [0.717, 1.165) is 5.56 Å². The van der Waals surface area contributed by atoms with Crippen molar-refractivity contribution in [2.45, 2.75) is 45.6 Å². The Bertz CT molecular complexity index is 615. The van der Waals surface area contributed by atoms with Crippen LogP contribution in [0.4, 0.5) is 4.79 Å². The highest BCUT2D eigenvalue weighted by Gasteiger charge is 2.43. The third-order valence-electron chi connectivity index (χ3n) is 4.56. The molecule has 0 bridgehead atoms. The van der Waals surface area contributed by atoms with Gasteiger partial charge in [-0.1, -0.05) is 30.3 Å². The molecular weight excluding hydrogens is 330 g/mol. The summed E-state index contributed by atoms with van der Waals surface area (Å²) in [6, 6.07) is 10.0. The Kier molecular flexibility index (Phi) is 6.29. The van der Waals surface area contributed by atoms with E-state index in [9.17, 15) is 9.59 Å². The largest absolute Gasteiger partial charge is 0.444 e. The monoisotopic (exact) mass is 361 g/mol. The number of carbonyl (C=O) groups excluding carboxylic acids is 2. The molecule has 0 aliphatic carbocycles. The molecule has 0 saturated carbocycles. The summed E-state index contributed by atoms with van der Waals surface area (Å²) >= 11 is 0. The first-order valence-corrected chi connectivity index (χ1v) is 9.12. The van der Waals surface area contributed by atoms with Crippen molar-refractivity contribution in [3.05, 3.63) is 35.9 Å². The fraction of sp³-hybridized carbons (Fsp3) is 0.600. The van der Waals surface area contributed by atoms with Gasteiger partial charge in [-0.05, 0) is 45.6 Å². The minimum Gasteiger partial charge on any atom is -0.444 e. The van der Waals surface area contributed by atoms with Gasteiger partial charge in [0.25, 0.3) is 0 Å². The molecule has 1 fully saturated rings. The van der Waals surface area contributed by atoms with Gasteiger partial charge in [0.05, 0.1) is 5.41 Å². The normalized spacial score (nSPS) is 17.1. The van der Waals surface area contributed by atoms with E-state index in [2.05, 4.69) is 5.43 Å². The predicted molar refractivity (Wildman–Crippen MR) is 101 cm³/mol. The maximum Gasteiger partial charge on any atom is 0.410 e. The SMILES string of the molecule is CN(C)NC(=O)C1(Cc2ccccc2)CCN(C(=O)OC(C)(C)C)CC1. The highest BCUT2D eigenvalue weighted by atomic mass is 16.6. The van der Waals surface area contributed by atoms with Crippen LogP contribution in [0, 0.1) is 5.41 Å². The number of amides is 2. The molecule has 1 aliphatic rings. The lowest BCUT2D eigenvalue weighted by molar-refractivity contribution is -0.138. The first kappa shape index (κ1) is 20.2. The molecular formula is C20H31N3O3. The third kappa shape index (κ3) is 5.46. The van der Waals surface area contributed by atoms with E-state index in [0.29, 0.717) is 32.4 Å². The first-order valence-electron chi connectivity index (χ1n) is 9.12. The number of likely N-dealkylation sites (tertiary alicyclic amines) is 1. The lowest BCUT2D eigenvalue weighted by Crippen LogP contribution is -2.54.